The van der Waals surface area contributed by atoms with Gasteiger partial charge in [0, 0.05) is 29.3 Å². The molecule has 2 atom stereocenters. The zero-order chi connectivity index (χ0) is 15.5. The Balaban J connectivity index is 1.71. The number of aliphatic hydroxyl groups excluding tert-OH is 1. The highest BCUT2D eigenvalue weighted by Crippen LogP contribution is 2.39. The average Bonchev–Trinajstić information content (AvgIpc) is 3.28. The van der Waals surface area contributed by atoms with Gasteiger partial charge in [-0.25, -0.2) is 4.98 Å². The lowest BCUT2D eigenvalue weighted by Crippen LogP contribution is -2.10. The van der Waals surface area contributed by atoms with Crippen LogP contribution in [0.4, 0.5) is 11.8 Å². The van der Waals surface area contributed by atoms with E-state index >= 15 is 0 Å². The lowest BCUT2D eigenvalue weighted by molar-refractivity contribution is 0.270. The molecule has 1 saturated carbocycles. The smallest absolute Gasteiger partial charge is 0.221 e. The number of anilines is 2. The van der Waals surface area contributed by atoms with E-state index in [1.165, 1.54) is 0 Å². The van der Waals surface area contributed by atoms with Crippen molar-refractivity contribution in [1.29, 1.82) is 0 Å². The molecular formula is C15H17ClN4OS. The van der Waals surface area contributed by atoms with Gasteiger partial charge in [-0.15, -0.1) is 0 Å². The van der Waals surface area contributed by atoms with Gasteiger partial charge in [-0.05, 0) is 42.5 Å². The first kappa shape index (κ1) is 15.4. The number of nitrogens with two attached hydrogens (primary N) is 1. The molecule has 0 saturated heterocycles. The largest absolute Gasteiger partial charge is 0.396 e. The maximum atomic E-state index is 9.10. The molecule has 5 nitrogen and oxygen atoms in total. The van der Waals surface area contributed by atoms with Gasteiger partial charge in [0.2, 0.25) is 5.95 Å². The Morgan fingerprint density at radius 3 is 2.77 bits per heavy atom. The number of aliphatic hydroxyl groups is 1. The second kappa shape index (κ2) is 6.73. The topological polar surface area (TPSA) is 84.1 Å². The van der Waals surface area contributed by atoms with E-state index in [2.05, 4.69) is 15.3 Å². The van der Waals surface area contributed by atoms with Crippen LogP contribution < -0.4 is 11.1 Å². The molecule has 0 unspecified atom stereocenters. The van der Waals surface area contributed by atoms with Crippen LogP contribution in [0.5, 0.6) is 0 Å². The first-order valence-corrected chi connectivity index (χ1v) is 8.26. The molecule has 116 valence electrons. The van der Waals surface area contributed by atoms with E-state index in [0.717, 1.165) is 28.6 Å². The Morgan fingerprint density at radius 2 is 2.09 bits per heavy atom. The summed E-state index contributed by atoms with van der Waals surface area (Å²) in [5, 5.41) is 13.1. The predicted molar refractivity (Wildman–Crippen MR) is 89.2 cm³/mol. The molecule has 22 heavy (non-hydrogen) atoms. The van der Waals surface area contributed by atoms with Crippen molar-refractivity contribution in [2.45, 2.75) is 16.2 Å². The molecule has 1 aliphatic carbocycles. The van der Waals surface area contributed by atoms with Crippen LogP contribution in [0, 0.1) is 11.8 Å². The Hall–Kier alpha value is -1.50. The van der Waals surface area contributed by atoms with Gasteiger partial charge < -0.3 is 16.2 Å². The van der Waals surface area contributed by atoms with Crippen molar-refractivity contribution in [3.8, 4) is 0 Å². The summed E-state index contributed by atoms with van der Waals surface area (Å²) in [5.41, 5.74) is 5.69. The molecule has 3 rings (SSSR count). The SMILES string of the molecule is Nc1ncc(Sc2ccc(Cl)cc2)c(NC[C@@H]2C[C@H]2CO)n1. The van der Waals surface area contributed by atoms with Crippen LogP contribution in [0.15, 0.2) is 40.3 Å². The van der Waals surface area contributed by atoms with E-state index in [0.29, 0.717) is 16.9 Å². The Bertz CT molecular complexity index is 652. The van der Waals surface area contributed by atoms with E-state index in [-0.39, 0.29) is 12.6 Å². The third-order valence-corrected chi connectivity index (χ3v) is 4.93. The maximum absolute atomic E-state index is 9.10. The number of benzene rings is 1. The van der Waals surface area contributed by atoms with Crippen molar-refractivity contribution in [2.24, 2.45) is 11.8 Å². The minimum Gasteiger partial charge on any atom is -0.396 e. The summed E-state index contributed by atoms with van der Waals surface area (Å²) in [6.45, 7) is 1.04. The van der Waals surface area contributed by atoms with Gasteiger partial charge in [0.15, 0.2) is 0 Å². The number of hydrogen-bond acceptors (Lipinski definition) is 6. The molecule has 0 amide bonds. The van der Waals surface area contributed by atoms with Gasteiger partial charge in [-0.3, -0.25) is 0 Å². The average molecular weight is 337 g/mol. The van der Waals surface area contributed by atoms with Crippen molar-refractivity contribution in [1.82, 2.24) is 9.97 Å². The maximum Gasteiger partial charge on any atom is 0.221 e. The van der Waals surface area contributed by atoms with Crippen molar-refractivity contribution >= 4 is 35.1 Å². The zero-order valence-electron chi connectivity index (χ0n) is 11.9. The van der Waals surface area contributed by atoms with Gasteiger partial charge in [-0.2, -0.15) is 4.98 Å². The molecule has 2 aromatic rings. The molecule has 1 aromatic heterocycles. The van der Waals surface area contributed by atoms with E-state index in [1.807, 2.05) is 24.3 Å². The van der Waals surface area contributed by atoms with Crippen LogP contribution >= 0.6 is 23.4 Å². The Kier molecular flexibility index (Phi) is 4.71. The number of halogens is 1. The van der Waals surface area contributed by atoms with Gasteiger partial charge in [0.05, 0.1) is 4.90 Å². The molecule has 0 bridgehead atoms. The molecule has 0 spiro atoms. The summed E-state index contributed by atoms with van der Waals surface area (Å²) in [4.78, 5) is 10.3. The number of nitrogen functional groups attached to an aromatic ring is 1. The van der Waals surface area contributed by atoms with Crippen molar-refractivity contribution in [3.63, 3.8) is 0 Å². The summed E-state index contributed by atoms with van der Waals surface area (Å²) >= 11 is 7.46. The van der Waals surface area contributed by atoms with E-state index in [4.69, 9.17) is 22.4 Å². The summed E-state index contributed by atoms with van der Waals surface area (Å²) in [7, 11) is 0. The van der Waals surface area contributed by atoms with Crippen molar-refractivity contribution in [3.05, 3.63) is 35.5 Å². The fourth-order valence-corrected chi connectivity index (χ4v) is 3.20. The lowest BCUT2D eigenvalue weighted by Gasteiger charge is -2.11. The third kappa shape index (κ3) is 3.82. The highest BCUT2D eigenvalue weighted by atomic mass is 35.5. The molecule has 1 heterocycles. The minimum absolute atomic E-state index is 0.248. The zero-order valence-corrected chi connectivity index (χ0v) is 13.4. The highest BCUT2D eigenvalue weighted by molar-refractivity contribution is 7.99. The molecule has 1 aromatic carbocycles. The Morgan fingerprint density at radius 1 is 1.32 bits per heavy atom. The number of aromatic nitrogens is 2. The monoisotopic (exact) mass is 336 g/mol. The van der Waals surface area contributed by atoms with Gasteiger partial charge in [0.1, 0.15) is 5.82 Å². The fraction of sp³-hybridized carbons (Fsp3) is 0.333. The van der Waals surface area contributed by atoms with Crippen LogP contribution in [0.1, 0.15) is 6.42 Å². The Labute approximate surface area is 138 Å². The van der Waals surface area contributed by atoms with Crippen LogP contribution in [-0.4, -0.2) is 28.2 Å². The number of hydrogen-bond donors (Lipinski definition) is 3. The quantitative estimate of drug-likeness (QED) is 0.752. The lowest BCUT2D eigenvalue weighted by atomic mass is 10.3. The standard InChI is InChI=1S/C15H17ClN4OS/c16-11-1-3-12(4-2-11)22-13-7-19-15(17)20-14(13)18-6-9-5-10(9)8-21/h1-4,7,9-10,21H,5-6,8H2,(H3,17,18,19,20)/t9-,10-/m0/s1. The highest BCUT2D eigenvalue weighted by Gasteiger charge is 2.35. The number of nitrogens with one attached hydrogen (secondary N) is 1. The predicted octanol–water partition coefficient (Wildman–Crippen LogP) is 2.90. The summed E-state index contributed by atoms with van der Waals surface area (Å²) in [6, 6.07) is 7.61. The van der Waals surface area contributed by atoms with E-state index in [9.17, 15) is 0 Å². The summed E-state index contributed by atoms with van der Waals surface area (Å²) < 4.78 is 0. The van der Waals surface area contributed by atoms with Crippen LogP contribution in [-0.2, 0) is 0 Å². The van der Waals surface area contributed by atoms with Crippen LogP contribution in [0.25, 0.3) is 0 Å². The first-order chi connectivity index (χ1) is 10.7. The molecular weight excluding hydrogens is 320 g/mol. The van der Waals surface area contributed by atoms with Crippen molar-refractivity contribution in [2.75, 3.05) is 24.2 Å². The first-order valence-electron chi connectivity index (χ1n) is 7.06. The van der Waals surface area contributed by atoms with Crippen LogP contribution in [0.2, 0.25) is 5.02 Å². The van der Waals surface area contributed by atoms with Crippen molar-refractivity contribution < 1.29 is 5.11 Å². The third-order valence-electron chi connectivity index (χ3n) is 3.65. The van der Waals surface area contributed by atoms with E-state index in [1.54, 1.807) is 18.0 Å². The number of rotatable bonds is 6. The van der Waals surface area contributed by atoms with E-state index < -0.39 is 0 Å². The van der Waals surface area contributed by atoms with Gasteiger partial charge in [0.25, 0.3) is 0 Å². The summed E-state index contributed by atoms with van der Waals surface area (Å²) in [6.07, 6.45) is 2.78. The second-order valence-corrected chi connectivity index (χ2v) is 6.87. The molecule has 0 radical (unpaired) electrons. The normalized spacial score (nSPS) is 19.9. The number of nitrogens with zero attached hydrogens (tertiary/aromatic N) is 2. The molecule has 1 aliphatic rings. The van der Waals surface area contributed by atoms with Crippen LogP contribution in [0.3, 0.4) is 0 Å². The molecule has 7 heteroatoms. The van der Waals surface area contributed by atoms with Gasteiger partial charge in [-0.1, -0.05) is 23.4 Å². The molecule has 0 aliphatic heterocycles. The molecule has 4 N–H and O–H groups in total. The van der Waals surface area contributed by atoms with Gasteiger partial charge >= 0.3 is 0 Å². The fourth-order valence-electron chi connectivity index (χ4n) is 2.23. The minimum atomic E-state index is 0.248. The second-order valence-electron chi connectivity index (χ2n) is 5.32. The molecule has 1 fully saturated rings. The summed E-state index contributed by atoms with van der Waals surface area (Å²) in [5.74, 6) is 1.90.